The molecule has 1 aliphatic rings. The van der Waals surface area contributed by atoms with Crippen molar-refractivity contribution in [3.05, 3.63) is 28.8 Å². The van der Waals surface area contributed by atoms with Gasteiger partial charge in [-0.05, 0) is 64.0 Å². The minimum absolute atomic E-state index is 0.267. The largest absolute Gasteiger partial charge is 0.493 e. The summed E-state index contributed by atoms with van der Waals surface area (Å²) >= 11 is 6.36. The molecule has 0 aliphatic carbocycles. The molecule has 0 radical (unpaired) electrons. The summed E-state index contributed by atoms with van der Waals surface area (Å²) in [6.07, 6.45) is 3.69. The van der Waals surface area contributed by atoms with Crippen LogP contribution in [0.3, 0.4) is 0 Å². The lowest BCUT2D eigenvalue weighted by molar-refractivity contribution is 0.233. The van der Waals surface area contributed by atoms with Gasteiger partial charge in [0, 0.05) is 17.1 Å². The summed E-state index contributed by atoms with van der Waals surface area (Å²) in [5.74, 6) is 0.869. The van der Waals surface area contributed by atoms with Gasteiger partial charge in [-0.25, -0.2) is 0 Å². The Morgan fingerprint density at radius 2 is 2.29 bits per heavy atom. The van der Waals surface area contributed by atoms with Crippen LogP contribution in [0.25, 0.3) is 0 Å². The van der Waals surface area contributed by atoms with Crippen molar-refractivity contribution in [3.8, 4) is 5.75 Å². The highest BCUT2D eigenvalue weighted by atomic mass is 35.5. The van der Waals surface area contributed by atoms with Crippen molar-refractivity contribution in [1.29, 1.82) is 0 Å². The number of nitrogens with one attached hydrogen (secondary N) is 1. The van der Waals surface area contributed by atoms with Gasteiger partial charge in [0.25, 0.3) is 0 Å². The molecule has 2 atom stereocenters. The van der Waals surface area contributed by atoms with Gasteiger partial charge in [-0.3, -0.25) is 0 Å². The molecule has 0 amide bonds. The van der Waals surface area contributed by atoms with Gasteiger partial charge in [-0.2, -0.15) is 0 Å². The summed E-state index contributed by atoms with van der Waals surface area (Å²) in [4.78, 5) is 2.43. The molecular formula is C17H27ClN2O. The molecule has 1 fully saturated rings. The first-order valence-electron chi connectivity index (χ1n) is 7.97. The molecule has 0 aromatic heterocycles. The zero-order chi connectivity index (χ0) is 15.2. The van der Waals surface area contributed by atoms with Crippen LogP contribution in [0.5, 0.6) is 5.75 Å². The summed E-state index contributed by atoms with van der Waals surface area (Å²) in [7, 11) is 2.20. The van der Waals surface area contributed by atoms with Crippen molar-refractivity contribution >= 4 is 11.6 Å². The summed E-state index contributed by atoms with van der Waals surface area (Å²) in [5, 5.41) is 4.15. The monoisotopic (exact) mass is 310 g/mol. The Morgan fingerprint density at radius 1 is 1.48 bits per heavy atom. The normalized spacial score (nSPS) is 20.7. The van der Waals surface area contributed by atoms with E-state index in [1.165, 1.54) is 19.4 Å². The maximum absolute atomic E-state index is 6.36. The topological polar surface area (TPSA) is 24.5 Å². The molecule has 1 N–H and O–H groups in total. The molecule has 21 heavy (non-hydrogen) atoms. The van der Waals surface area contributed by atoms with Crippen molar-refractivity contribution in [1.82, 2.24) is 10.2 Å². The first-order valence-corrected chi connectivity index (χ1v) is 8.35. The van der Waals surface area contributed by atoms with E-state index in [9.17, 15) is 0 Å². The minimum Gasteiger partial charge on any atom is -0.493 e. The van der Waals surface area contributed by atoms with Crippen LogP contribution >= 0.6 is 11.6 Å². The second kappa shape index (κ2) is 8.02. The van der Waals surface area contributed by atoms with Gasteiger partial charge in [-0.1, -0.05) is 24.6 Å². The number of hydrogen-bond acceptors (Lipinski definition) is 3. The predicted octanol–water partition coefficient (Wildman–Crippen LogP) is 3.87. The Morgan fingerprint density at radius 3 is 2.90 bits per heavy atom. The van der Waals surface area contributed by atoms with Crippen LogP contribution < -0.4 is 10.1 Å². The van der Waals surface area contributed by atoms with E-state index < -0.39 is 0 Å². The van der Waals surface area contributed by atoms with Gasteiger partial charge in [0.2, 0.25) is 0 Å². The van der Waals surface area contributed by atoms with Gasteiger partial charge in [0.15, 0.2) is 0 Å². The van der Waals surface area contributed by atoms with Gasteiger partial charge in [0.1, 0.15) is 5.75 Å². The lowest BCUT2D eigenvalue weighted by Crippen LogP contribution is -2.26. The van der Waals surface area contributed by atoms with E-state index in [1.807, 2.05) is 12.1 Å². The molecule has 1 heterocycles. The molecule has 2 rings (SSSR count). The summed E-state index contributed by atoms with van der Waals surface area (Å²) in [6, 6.07) is 6.96. The number of hydrogen-bond donors (Lipinski definition) is 1. The molecule has 0 spiro atoms. The summed E-state index contributed by atoms with van der Waals surface area (Å²) in [6.45, 7) is 7.13. The molecule has 1 saturated heterocycles. The molecule has 0 bridgehead atoms. The van der Waals surface area contributed by atoms with Crippen LogP contribution in [0.2, 0.25) is 5.02 Å². The number of ether oxygens (including phenoxy) is 1. The van der Waals surface area contributed by atoms with Crippen molar-refractivity contribution < 1.29 is 4.74 Å². The molecule has 1 aliphatic heterocycles. The SMILES string of the molecule is CCNC(C)c1ccc(OCCC2CCCN2C)cc1Cl. The Bertz CT molecular complexity index is 452. The maximum atomic E-state index is 6.36. The number of nitrogens with zero attached hydrogens (tertiary/aromatic N) is 1. The third-order valence-electron chi connectivity index (χ3n) is 4.34. The van der Waals surface area contributed by atoms with Crippen LogP contribution in [-0.2, 0) is 0 Å². The van der Waals surface area contributed by atoms with Gasteiger partial charge in [0.05, 0.1) is 6.61 Å². The molecule has 1 aromatic rings. The molecule has 1 aromatic carbocycles. The lowest BCUT2D eigenvalue weighted by Gasteiger charge is -2.19. The second-order valence-electron chi connectivity index (χ2n) is 5.88. The molecule has 3 nitrogen and oxygen atoms in total. The van der Waals surface area contributed by atoms with Crippen LogP contribution in [-0.4, -0.2) is 37.7 Å². The highest BCUT2D eigenvalue weighted by Gasteiger charge is 2.20. The summed E-state index contributed by atoms with van der Waals surface area (Å²) in [5.41, 5.74) is 1.13. The second-order valence-corrected chi connectivity index (χ2v) is 6.28. The van der Waals surface area contributed by atoms with Crippen molar-refractivity contribution in [3.63, 3.8) is 0 Å². The molecule has 118 valence electrons. The van der Waals surface area contributed by atoms with E-state index in [2.05, 4.69) is 37.2 Å². The van der Waals surface area contributed by atoms with Crippen LogP contribution in [0.1, 0.15) is 44.7 Å². The first kappa shape index (κ1) is 16.6. The zero-order valence-corrected chi connectivity index (χ0v) is 14.1. The first-order chi connectivity index (χ1) is 10.1. The Kier molecular flexibility index (Phi) is 6.34. The number of halogens is 1. The van der Waals surface area contributed by atoms with Crippen molar-refractivity contribution in [2.45, 2.75) is 45.2 Å². The van der Waals surface area contributed by atoms with Gasteiger partial charge in [-0.15, -0.1) is 0 Å². The van der Waals surface area contributed by atoms with Crippen molar-refractivity contribution in [2.75, 3.05) is 26.7 Å². The predicted molar refractivity (Wildman–Crippen MR) is 89.3 cm³/mol. The van der Waals surface area contributed by atoms with E-state index in [0.717, 1.165) is 35.9 Å². The lowest BCUT2D eigenvalue weighted by atomic mass is 10.1. The van der Waals surface area contributed by atoms with Gasteiger partial charge >= 0.3 is 0 Å². The van der Waals surface area contributed by atoms with E-state index in [-0.39, 0.29) is 6.04 Å². The summed E-state index contributed by atoms with van der Waals surface area (Å²) < 4.78 is 5.86. The smallest absolute Gasteiger partial charge is 0.120 e. The average molecular weight is 311 g/mol. The molecule has 2 unspecified atom stereocenters. The maximum Gasteiger partial charge on any atom is 0.120 e. The quantitative estimate of drug-likeness (QED) is 0.827. The van der Waals surface area contributed by atoms with E-state index in [1.54, 1.807) is 0 Å². The van der Waals surface area contributed by atoms with Gasteiger partial charge < -0.3 is 15.0 Å². The third-order valence-corrected chi connectivity index (χ3v) is 4.67. The zero-order valence-electron chi connectivity index (χ0n) is 13.4. The highest BCUT2D eigenvalue weighted by Crippen LogP contribution is 2.27. The molecule has 4 heteroatoms. The fourth-order valence-corrected chi connectivity index (χ4v) is 3.36. The average Bonchev–Trinajstić information content (AvgIpc) is 2.85. The number of benzene rings is 1. The molecular weight excluding hydrogens is 284 g/mol. The van der Waals surface area contributed by atoms with E-state index in [4.69, 9.17) is 16.3 Å². The number of likely N-dealkylation sites (tertiary alicyclic amines) is 1. The highest BCUT2D eigenvalue weighted by molar-refractivity contribution is 6.31. The van der Waals surface area contributed by atoms with E-state index in [0.29, 0.717) is 6.04 Å². The number of rotatable bonds is 7. The molecule has 0 saturated carbocycles. The van der Waals surface area contributed by atoms with E-state index >= 15 is 0 Å². The van der Waals surface area contributed by atoms with Crippen molar-refractivity contribution in [2.24, 2.45) is 0 Å². The van der Waals surface area contributed by atoms with Crippen LogP contribution in [0.15, 0.2) is 18.2 Å². The fraction of sp³-hybridized carbons (Fsp3) is 0.647. The Labute approximate surface area is 133 Å². The third kappa shape index (κ3) is 4.60. The minimum atomic E-state index is 0.267. The Hall–Kier alpha value is -0.770. The van der Waals surface area contributed by atoms with Crippen LogP contribution in [0, 0.1) is 0 Å². The van der Waals surface area contributed by atoms with Crippen LogP contribution in [0.4, 0.5) is 0 Å². The standard InChI is InChI=1S/C17H27ClN2O/c1-4-19-13(2)16-8-7-15(12-17(16)18)21-11-9-14-6-5-10-20(14)3/h7-8,12-14,19H,4-6,9-11H2,1-3H3. The fourth-order valence-electron chi connectivity index (χ4n) is 3.02. The Balaban J connectivity index is 1.85.